The van der Waals surface area contributed by atoms with Gasteiger partial charge in [0.15, 0.2) is 0 Å². The van der Waals surface area contributed by atoms with E-state index in [2.05, 4.69) is 10.0 Å². The van der Waals surface area contributed by atoms with Crippen LogP contribution in [0.1, 0.15) is 12.0 Å². The highest BCUT2D eigenvalue weighted by molar-refractivity contribution is 7.88. The van der Waals surface area contributed by atoms with Crippen LogP contribution in [0.25, 0.3) is 0 Å². The molecule has 0 heterocycles. The van der Waals surface area contributed by atoms with Crippen molar-refractivity contribution < 1.29 is 13.3 Å². The fourth-order valence-electron chi connectivity index (χ4n) is 1.49. The summed E-state index contributed by atoms with van der Waals surface area (Å²) in [4.78, 5) is 10.1. The number of benzene rings is 1. The van der Waals surface area contributed by atoms with Crippen molar-refractivity contribution in [3.63, 3.8) is 0 Å². The first-order valence-electron chi connectivity index (χ1n) is 5.88. The summed E-state index contributed by atoms with van der Waals surface area (Å²) in [5.74, 6) is 0. The van der Waals surface area contributed by atoms with Crippen molar-refractivity contribution in [3.05, 3.63) is 38.9 Å². The number of hydrogen-bond acceptors (Lipinski definition) is 5. The Kier molecular flexibility index (Phi) is 6.34. The Labute approximate surface area is 122 Å². The summed E-state index contributed by atoms with van der Waals surface area (Å²) in [7, 11) is -3.15. The van der Waals surface area contributed by atoms with Gasteiger partial charge in [0.2, 0.25) is 10.0 Å². The number of nitrogens with one attached hydrogen (secondary N) is 2. The van der Waals surface area contributed by atoms with Gasteiger partial charge < -0.3 is 5.32 Å². The molecule has 7 nitrogen and oxygen atoms in total. The Bertz CT molecular complexity index is 577. The maximum atomic E-state index is 10.8. The van der Waals surface area contributed by atoms with Crippen molar-refractivity contribution in [1.29, 1.82) is 0 Å². The number of sulfonamides is 1. The molecule has 0 saturated heterocycles. The molecule has 1 rings (SSSR count). The zero-order valence-corrected chi connectivity index (χ0v) is 12.5. The van der Waals surface area contributed by atoms with Crippen molar-refractivity contribution in [2.75, 3.05) is 19.3 Å². The van der Waals surface area contributed by atoms with Gasteiger partial charge in [-0.2, -0.15) is 0 Å². The van der Waals surface area contributed by atoms with Crippen LogP contribution in [0.5, 0.6) is 0 Å². The molecule has 9 heteroatoms. The number of nitro benzene ring substituents is 1. The van der Waals surface area contributed by atoms with Gasteiger partial charge in [0.1, 0.15) is 0 Å². The third kappa shape index (κ3) is 6.29. The molecule has 0 atom stereocenters. The number of halogens is 1. The van der Waals surface area contributed by atoms with Crippen LogP contribution in [0.4, 0.5) is 5.69 Å². The summed E-state index contributed by atoms with van der Waals surface area (Å²) in [6, 6.07) is 4.31. The van der Waals surface area contributed by atoms with Crippen LogP contribution in [0.2, 0.25) is 5.02 Å². The molecule has 0 unspecified atom stereocenters. The van der Waals surface area contributed by atoms with Crippen LogP contribution in [0.15, 0.2) is 18.2 Å². The Morgan fingerprint density at radius 2 is 2.05 bits per heavy atom. The van der Waals surface area contributed by atoms with Crippen molar-refractivity contribution >= 4 is 27.3 Å². The standard InChI is InChI=1S/C11H16ClN3O4S/c1-20(18,19)14-6-2-5-13-8-9-3-4-10(15(16)17)7-11(9)12/h3-4,7,13-14H,2,5-6,8H2,1H3. The van der Waals surface area contributed by atoms with Gasteiger partial charge in [-0.05, 0) is 24.6 Å². The van der Waals surface area contributed by atoms with Gasteiger partial charge in [0.25, 0.3) is 5.69 Å². The summed E-state index contributed by atoms with van der Waals surface area (Å²) >= 11 is 5.94. The lowest BCUT2D eigenvalue weighted by molar-refractivity contribution is -0.384. The van der Waals surface area contributed by atoms with Crippen molar-refractivity contribution in [2.45, 2.75) is 13.0 Å². The average Bonchev–Trinajstić information content (AvgIpc) is 2.33. The first kappa shape index (κ1) is 16.8. The van der Waals surface area contributed by atoms with E-state index < -0.39 is 14.9 Å². The zero-order valence-electron chi connectivity index (χ0n) is 10.9. The molecule has 20 heavy (non-hydrogen) atoms. The van der Waals surface area contributed by atoms with Crippen molar-refractivity contribution in [2.24, 2.45) is 0 Å². The predicted molar refractivity (Wildman–Crippen MR) is 77.3 cm³/mol. The Hall–Kier alpha value is -1.22. The largest absolute Gasteiger partial charge is 0.313 e. The summed E-state index contributed by atoms with van der Waals surface area (Å²) in [6.07, 6.45) is 1.74. The minimum absolute atomic E-state index is 0.0453. The van der Waals surface area contributed by atoms with Gasteiger partial charge in [-0.1, -0.05) is 11.6 Å². The van der Waals surface area contributed by atoms with Gasteiger partial charge in [0, 0.05) is 25.2 Å². The lowest BCUT2D eigenvalue weighted by Gasteiger charge is -2.07. The highest BCUT2D eigenvalue weighted by atomic mass is 35.5. The van der Waals surface area contributed by atoms with Crippen LogP contribution in [-0.2, 0) is 16.6 Å². The fraction of sp³-hybridized carbons (Fsp3) is 0.455. The number of rotatable bonds is 8. The number of hydrogen-bond donors (Lipinski definition) is 2. The molecule has 0 aliphatic rings. The van der Waals surface area contributed by atoms with Crippen molar-refractivity contribution in [3.8, 4) is 0 Å². The van der Waals surface area contributed by atoms with E-state index in [9.17, 15) is 18.5 Å². The number of nitro groups is 1. The predicted octanol–water partition coefficient (Wildman–Crippen LogP) is 1.28. The maximum Gasteiger partial charge on any atom is 0.270 e. The summed E-state index contributed by atoms with van der Waals surface area (Å²) in [5.41, 5.74) is 0.712. The molecule has 0 fully saturated rings. The monoisotopic (exact) mass is 321 g/mol. The first-order chi connectivity index (χ1) is 9.29. The highest BCUT2D eigenvalue weighted by Crippen LogP contribution is 2.22. The molecule has 112 valence electrons. The van der Waals surface area contributed by atoms with E-state index in [1.807, 2.05) is 0 Å². The van der Waals surface area contributed by atoms with Crippen LogP contribution in [0, 0.1) is 10.1 Å². The third-order valence-electron chi connectivity index (χ3n) is 2.46. The van der Waals surface area contributed by atoms with Crippen molar-refractivity contribution in [1.82, 2.24) is 10.0 Å². The fourth-order valence-corrected chi connectivity index (χ4v) is 2.24. The maximum absolute atomic E-state index is 10.8. The summed E-state index contributed by atoms with van der Waals surface area (Å²) in [6.45, 7) is 1.44. The molecule has 0 aliphatic carbocycles. The van der Waals surface area contributed by atoms with Crippen LogP contribution >= 0.6 is 11.6 Å². The normalized spacial score (nSPS) is 11.5. The van der Waals surface area contributed by atoms with Gasteiger partial charge in [-0.25, -0.2) is 13.1 Å². The Morgan fingerprint density at radius 3 is 2.60 bits per heavy atom. The van der Waals surface area contributed by atoms with Crippen LogP contribution < -0.4 is 10.0 Å². The van der Waals surface area contributed by atoms with E-state index in [1.165, 1.54) is 12.1 Å². The second kappa shape index (κ2) is 7.53. The number of nitrogens with zero attached hydrogens (tertiary/aromatic N) is 1. The lowest BCUT2D eigenvalue weighted by Crippen LogP contribution is -2.26. The minimum Gasteiger partial charge on any atom is -0.313 e. The molecule has 1 aromatic carbocycles. The summed E-state index contributed by atoms with van der Waals surface area (Å²) < 4.78 is 24.0. The topological polar surface area (TPSA) is 101 Å². The molecular formula is C11H16ClN3O4S. The zero-order chi connectivity index (χ0) is 15.2. The molecule has 2 N–H and O–H groups in total. The summed E-state index contributed by atoms with van der Waals surface area (Å²) in [5, 5.41) is 14.0. The van der Waals surface area contributed by atoms with Gasteiger partial charge in [-0.15, -0.1) is 0 Å². The molecule has 1 aromatic rings. The highest BCUT2D eigenvalue weighted by Gasteiger charge is 2.08. The van der Waals surface area contributed by atoms with E-state index in [0.29, 0.717) is 31.1 Å². The molecule has 0 amide bonds. The minimum atomic E-state index is -3.15. The lowest BCUT2D eigenvalue weighted by atomic mass is 10.2. The van der Waals surface area contributed by atoms with Gasteiger partial charge >= 0.3 is 0 Å². The Morgan fingerprint density at radius 1 is 1.35 bits per heavy atom. The van der Waals surface area contributed by atoms with Crippen LogP contribution in [-0.4, -0.2) is 32.7 Å². The molecule has 0 aromatic heterocycles. The molecule has 0 bridgehead atoms. The SMILES string of the molecule is CS(=O)(=O)NCCCNCc1ccc([N+](=O)[O-])cc1Cl. The quantitative estimate of drug-likeness (QED) is 0.426. The van der Waals surface area contributed by atoms with E-state index in [1.54, 1.807) is 6.07 Å². The third-order valence-corrected chi connectivity index (χ3v) is 3.54. The molecule has 0 radical (unpaired) electrons. The van der Waals surface area contributed by atoms with E-state index in [-0.39, 0.29) is 5.69 Å². The van der Waals surface area contributed by atoms with E-state index >= 15 is 0 Å². The van der Waals surface area contributed by atoms with E-state index in [0.717, 1.165) is 11.8 Å². The van der Waals surface area contributed by atoms with E-state index in [4.69, 9.17) is 11.6 Å². The molecule has 0 spiro atoms. The molecule has 0 saturated carbocycles. The second-order valence-corrected chi connectivity index (χ2v) is 6.47. The number of non-ortho nitro benzene ring substituents is 1. The molecule has 0 aliphatic heterocycles. The van der Waals surface area contributed by atoms with Gasteiger partial charge in [0.05, 0.1) is 16.2 Å². The first-order valence-corrected chi connectivity index (χ1v) is 8.15. The molecular weight excluding hydrogens is 306 g/mol. The average molecular weight is 322 g/mol. The van der Waals surface area contributed by atoms with Crippen LogP contribution in [0.3, 0.4) is 0 Å². The smallest absolute Gasteiger partial charge is 0.270 e. The second-order valence-electron chi connectivity index (χ2n) is 4.23. The Balaban J connectivity index is 2.34. The van der Waals surface area contributed by atoms with Gasteiger partial charge in [-0.3, -0.25) is 10.1 Å².